The Morgan fingerprint density at radius 2 is 1.94 bits per heavy atom. The maximum Gasteiger partial charge on any atom is 0.267 e. The predicted molar refractivity (Wildman–Crippen MR) is 127 cm³/mol. The van der Waals surface area contributed by atoms with Gasteiger partial charge >= 0.3 is 0 Å². The molecule has 31 heavy (non-hydrogen) atoms. The second-order valence-corrected chi connectivity index (χ2v) is 9.84. The topological polar surface area (TPSA) is 71.1 Å². The summed E-state index contributed by atoms with van der Waals surface area (Å²) in [4.78, 5) is 31.9. The van der Waals surface area contributed by atoms with Gasteiger partial charge in [0.05, 0.1) is 10.6 Å². The monoisotopic (exact) mass is 467 g/mol. The van der Waals surface area contributed by atoms with Gasteiger partial charge in [-0.2, -0.15) is 0 Å². The summed E-state index contributed by atoms with van der Waals surface area (Å²) in [5.74, 6) is -0.464. The number of rotatable bonds is 5. The van der Waals surface area contributed by atoms with Crippen molar-refractivity contribution in [3.63, 3.8) is 0 Å². The average Bonchev–Trinajstić information content (AvgIpc) is 3.46. The van der Waals surface area contributed by atoms with Gasteiger partial charge in [-0.15, -0.1) is 22.7 Å². The van der Waals surface area contributed by atoms with Crippen LogP contribution in [0, 0.1) is 0 Å². The summed E-state index contributed by atoms with van der Waals surface area (Å²) in [6, 6.07) is 11.4. The number of benzene rings is 1. The molecule has 0 saturated heterocycles. The molecule has 3 heterocycles. The molecule has 8 heteroatoms. The molecule has 0 spiro atoms. The fourth-order valence-corrected chi connectivity index (χ4v) is 6.52. The molecule has 0 unspecified atom stereocenters. The molecular formula is C23H18ClN3O2S2. The molecular weight excluding hydrogens is 450 g/mol. The lowest BCUT2D eigenvalue weighted by atomic mass is 10.1. The zero-order valence-electron chi connectivity index (χ0n) is 16.4. The van der Waals surface area contributed by atoms with Gasteiger partial charge in [0.25, 0.3) is 11.8 Å². The van der Waals surface area contributed by atoms with E-state index in [2.05, 4.69) is 15.6 Å². The maximum atomic E-state index is 13.1. The molecule has 0 radical (unpaired) electrons. The van der Waals surface area contributed by atoms with E-state index in [4.69, 9.17) is 11.6 Å². The van der Waals surface area contributed by atoms with Gasteiger partial charge in [0.1, 0.15) is 9.88 Å². The highest BCUT2D eigenvalue weighted by atomic mass is 35.5. The summed E-state index contributed by atoms with van der Waals surface area (Å²) >= 11 is 9.33. The average molecular weight is 468 g/mol. The van der Waals surface area contributed by atoms with Crippen LogP contribution in [0.25, 0.3) is 10.1 Å². The largest absolute Gasteiger partial charge is 0.348 e. The highest BCUT2D eigenvalue weighted by Crippen LogP contribution is 2.41. The van der Waals surface area contributed by atoms with E-state index in [-0.39, 0.29) is 11.8 Å². The number of carbonyl (C=O) groups is 2. The van der Waals surface area contributed by atoms with Crippen molar-refractivity contribution >= 4 is 61.2 Å². The minimum absolute atomic E-state index is 0.180. The molecule has 5 rings (SSSR count). The Morgan fingerprint density at radius 1 is 1.06 bits per heavy atom. The molecule has 1 aliphatic rings. The van der Waals surface area contributed by atoms with Gasteiger partial charge in [-0.25, -0.2) is 0 Å². The first-order chi connectivity index (χ1) is 15.1. The zero-order chi connectivity index (χ0) is 21.4. The first kappa shape index (κ1) is 20.2. The first-order valence-electron chi connectivity index (χ1n) is 9.92. The number of fused-ring (bicyclic) bond motifs is 2. The van der Waals surface area contributed by atoms with Crippen LogP contribution in [0.1, 0.15) is 42.5 Å². The molecule has 5 nitrogen and oxygen atoms in total. The number of pyridine rings is 1. The van der Waals surface area contributed by atoms with Crippen molar-refractivity contribution in [1.29, 1.82) is 0 Å². The van der Waals surface area contributed by atoms with Crippen molar-refractivity contribution in [3.8, 4) is 0 Å². The summed E-state index contributed by atoms with van der Waals surface area (Å²) in [5.41, 5.74) is 2.55. The van der Waals surface area contributed by atoms with E-state index >= 15 is 0 Å². The molecule has 0 aliphatic heterocycles. The van der Waals surface area contributed by atoms with Gasteiger partial charge < -0.3 is 10.6 Å². The van der Waals surface area contributed by atoms with E-state index in [1.807, 2.05) is 36.4 Å². The molecule has 0 saturated carbocycles. The van der Waals surface area contributed by atoms with Crippen molar-refractivity contribution in [3.05, 3.63) is 80.3 Å². The minimum Gasteiger partial charge on any atom is -0.348 e. The molecule has 0 atom stereocenters. The minimum atomic E-state index is -0.285. The lowest BCUT2D eigenvalue weighted by Gasteiger charge is -2.09. The van der Waals surface area contributed by atoms with E-state index in [0.717, 1.165) is 40.5 Å². The highest BCUT2D eigenvalue weighted by Gasteiger charge is 2.28. The number of aromatic nitrogens is 1. The Morgan fingerprint density at radius 3 is 2.74 bits per heavy atom. The third-order valence-corrected chi connectivity index (χ3v) is 8.17. The van der Waals surface area contributed by atoms with E-state index < -0.39 is 0 Å². The van der Waals surface area contributed by atoms with Crippen LogP contribution >= 0.6 is 34.3 Å². The Labute approximate surface area is 192 Å². The van der Waals surface area contributed by atoms with Crippen LogP contribution in [0.3, 0.4) is 0 Å². The van der Waals surface area contributed by atoms with Crippen molar-refractivity contribution < 1.29 is 9.59 Å². The molecule has 2 amide bonds. The SMILES string of the molecule is O=C(Nc1sc2c(c1C(=O)NCc1cccnc1)CCC2)c1sc2ccccc2c1Cl. The van der Waals surface area contributed by atoms with Gasteiger partial charge in [-0.05, 0) is 42.5 Å². The number of anilines is 1. The summed E-state index contributed by atoms with van der Waals surface area (Å²) in [6.45, 7) is 0.382. The summed E-state index contributed by atoms with van der Waals surface area (Å²) in [7, 11) is 0. The van der Waals surface area contributed by atoms with Crippen LogP contribution in [0.4, 0.5) is 5.00 Å². The van der Waals surface area contributed by atoms with Crippen LogP contribution in [-0.2, 0) is 19.4 Å². The lowest BCUT2D eigenvalue weighted by molar-refractivity contribution is 0.0951. The Kier molecular flexibility index (Phi) is 5.48. The van der Waals surface area contributed by atoms with E-state index in [0.29, 0.717) is 27.0 Å². The lowest BCUT2D eigenvalue weighted by Crippen LogP contribution is -2.25. The smallest absolute Gasteiger partial charge is 0.267 e. The quantitative estimate of drug-likeness (QED) is 0.396. The zero-order valence-corrected chi connectivity index (χ0v) is 18.8. The molecule has 1 aliphatic carbocycles. The molecule has 0 fully saturated rings. The Bertz CT molecular complexity index is 1300. The summed E-state index contributed by atoms with van der Waals surface area (Å²) in [6.07, 6.45) is 6.23. The Balaban J connectivity index is 1.42. The number of amides is 2. The van der Waals surface area contributed by atoms with E-state index in [1.54, 1.807) is 12.4 Å². The van der Waals surface area contributed by atoms with Crippen LogP contribution in [0.2, 0.25) is 5.02 Å². The van der Waals surface area contributed by atoms with Crippen molar-refractivity contribution in [2.24, 2.45) is 0 Å². The number of hydrogen-bond acceptors (Lipinski definition) is 5. The maximum absolute atomic E-state index is 13.1. The summed E-state index contributed by atoms with van der Waals surface area (Å²) in [5, 5.41) is 7.84. The Hall–Kier alpha value is -2.74. The summed E-state index contributed by atoms with van der Waals surface area (Å²) < 4.78 is 0.959. The van der Waals surface area contributed by atoms with Crippen molar-refractivity contribution in [2.45, 2.75) is 25.8 Å². The predicted octanol–water partition coefficient (Wildman–Crippen LogP) is 5.68. The second-order valence-electron chi connectivity index (χ2n) is 7.30. The van der Waals surface area contributed by atoms with Gasteiger partial charge in [0, 0.05) is 33.9 Å². The number of hydrogen-bond donors (Lipinski definition) is 2. The van der Waals surface area contributed by atoms with Crippen LogP contribution in [-0.4, -0.2) is 16.8 Å². The third kappa shape index (κ3) is 3.84. The number of nitrogens with one attached hydrogen (secondary N) is 2. The van der Waals surface area contributed by atoms with Gasteiger partial charge in [0.15, 0.2) is 0 Å². The number of halogens is 1. The number of nitrogens with zero attached hydrogens (tertiary/aromatic N) is 1. The standard InChI is InChI=1S/C23H18ClN3O2S2/c24-19-15-6-1-2-8-17(15)30-20(19)22(29)27-23-18(14-7-3-9-16(14)31-23)21(28)26-12-13-5-4-10-25-11-13/h1-2,4-6,8,10-11H,3,7,9,12H2,(H,26,28)(H,27,29). The number of carbonyl (C=O) groups excluding carboxylic acids is 2. The highest BCUT2D eigenvalue weighted by molar-refractivity contribution is 7.22. The molecule has 3 aromatic heterocycles. The number of aryl methyl sites for hydroxylation is 1. The fraction of sp³-hybridized carbons (Fsp3) is 0.174. The normalized spacial score (nSPS) is 12.7. The van der Waals surface area contributed by atoms with E-state index in [9.17, 15) is 9.59 Å². The van der Waals surface area contributed by atoms with Crippen LogP contribution < -0.4 is 10.6 Å². The van der Waals surface area contributed by atoms with E-state index in [1.165, 1.54) is 27.6 Å². The molecule has 2 N–H and O–H groups in total. The third-order valence-electron chi connectivity index (χ3n) is 5.29. The molecule has 1 aromatic carbocycles. The second kappa shape index (κ2) is 8.42. The fourth-order valence-electron chi connectivity index (χ4n) is 3.83. The van der Waals surface area contributed by atoms with Crippen LogP contribution in [0.15, 0.2) is 48.8 Å². The van der Waals surface area contributed by atoms with Crippen LogP contribution in [0.5, 0.6) is 0 Å². The molecule has 156 valence electrons. The number of thiophene rings is 2. The van der Waals surface area contributed by atoms with Crippen molar-refractivity contribution in [1.82, 2.24) is 10.3 Å². The van der Waals surface area contributed by atoms with Crippen molar-refractivity contribution in [2.75, 3.05) is 5.32 Å². The first-order valence-corrected chi connectivity index (χ1v) is 11.9. The molecule has 0 bridgehead atoms. The van der Waals surface area contributed by atoms with Gasteiger partial charge in [0.2, 0.25) is 0 Å². The van der Waals surface area contributed by atoms with Gasteiger partial charge in [-0.1, -0.05) is 35.9 Å². The van der Waals surface area contributed by atoms with Gasteiger partial charge in [-0.3, -0.25) is 14.6 Å². The molecule has 4 aromatic rings.